The lowest BCUT2D eigenvalue weighted by Gasteiger charge is -2.36. The van der Waals surface area contributed by atoms with Gasteiger partial charge in [-0.2, -0.15) is 0 Å². The zero-order valence-electron chi connectivity index (χ0n) is 12.4. The Morgan fingerprint density at radius 2 is 2.35 bits per heavy atom. The molecule has 1 aromatic heterocycles. The van der Waals surface area contributed by atoms with Gasteiger partial charge in [0, 0.05) is 31.1 Å². The topological polar surface area (TPSA) is 63.2 Å². The normalized spacial score (nSPS) is 21.2. The molecule has 5 nitrogen and oxygen atoms in total. The second-order valence-corrected chi connectivity index (χ2v) is 5.73. The summed E-state index contributed by atoms with van der Waals surface area (Å²) in [6.07, 6.45) is 3.59. The van der Waals surface area contributed by atoms with Crippen molar-refractivity contribution < 1.29 is 9.53 Å². The van der Waals surface area contributed by atoms with Crippen molar-refractivity contribution in [3.8, 4) is 0 Å². The molecule has 1 saturated heterocycles. The van der Waals surface area contributed by atoms with Gasteiger partial charge >= 0.3 is 0 Å². The van der Waals surface area contributed by atoms with Gasteiger partial charge in [-0.25, -0.2) is 0 Å². The molecule has 1 unspecified atom stereocenters. The van der Waals surface area contributed by atoms with Crippen LogP contribution in [0.25, 0.3) is 0 Å². The maximum atomic E-state index is 11.8. The molecule has 1 fully saturated rings. The Labute approximate surface area is 120 Å². The third kappa shape index (κ3) is 3.93. The minimum atomic E-state index is -0.136. The summed E-state index contributed by atoms with van der Waals surface area (Å²) in [5.74, 6) is -0.136. The molecule has 2 N–H and O–H groups in total. The molecule has 1 aliphatic rings. The zero-order chi connectivity index (χ0) is 14.6. The van der Waals surface area contributed by atoms with E-state index in [1.54, 1.807) is 12.3 Å². The highest BCUT2D eigenvalue weighted by Crippen LogP contribution is 2.26. The largest absolute Gasteiger partial charge is 0.382 e. The predicted octanol–water partition coefficient (Wildman–Crippen LogP) is 2.20. The lowest BCUT2D eigenvalue weighted by atomic mass is 9.94. The van der Waals surface area contributed by atoms with Gasteiger partial charge < -0.3 is 15.4 Å². The molecule has 1 aromatic rings. The quantitative estimate of drug-likeness (QED) is 0.885. The maximum absolute atomic E-state index is 11.8. The van der Waals surface area contributed by atoms with E-state index in [1.807, 2.05) is 13.0 Å². The van der Waals surface area contributed by atoms with Crippen molar-refractivity contribution in [3.05, 3.63) is 24.0 Å². The van der Waals surface area contributed by atoms with Crippen LogP contribution in [0.5, 0.6) is 0 Å². The minimum Gasteiger partial charge on any atom is -0.382 e. The third-order valence-corrected chi connectivity index (χ3v) is 3.40. The zero-order valence-corrected chi connectivity index (χ0v) is 12.4. The molecule has 5 heteroatoms. The number of amides is 1. The lowest BCUT2D eigenvalue weighted by Crippen LogP contribution is -2.40. The first-order chi connectivity index (χ1) is 9.50. The number of ether oxygens (including phenoxy) is 1. The van der Waals surface area contributed by atoms with E-state index in [0.29, 0.717) is 18.3 Å². The average molecular weight is 277 g/mol. The van der Waals surface area contributed by atoms with Gasteiger partial charge in [-0.15, -0.1) is 0 Å². The fourth-order valence-electron chi connectivity index (χ4n) is 2.49. The van der Waals surface area contributed by atoms with Crippen molar-refractivity contribution in [2.45, 2.75) is 45.3 Å². The van der Waals surface area contributed by atoms with Crippen molar-refractivity contribution >= 4 is 11.6 Å². The number of nitrogens with zero attached hydrogens (tertiary/aromatic N) is 1. The van der Waals surface area contributed by atoms with Crippen molar-refractivity contribution in [1.82, 2.24) is 10.3 Å². The van der Waals surface area contributed by atoms with E-state index in [9.17, 15) is 4.79 Å². The Morgan fingerprint density at radius 3 is 3.05 bits per heavy atom. The van der Waals surface area contributed by atoms with E-state index in [4.69, 9.17) is 4.74 Å². The number of rotatable bonds is 4. The number of anilines is 1. The molecule has 1 atom stereocenters. The summed E-state index contributed by atoms with van der Waals surface area (Å²) >= 11 is 0. The van der Waals surface area contributed by atoms with Crippen molar-refractivity contribution in [2.24, 2.45) is 0 Å². The van der Waals surface area contributed by atoms with E-state index in [0.717, 1.165) is 25.1 Å². The lowest BCUT2D eigenvalue weighted by molar-refractivity contribution is -0.0553. The molecule has 2 heterocycles. The average Bonchev–Trinajstić information content (AvgIpc) is 2.38. The number of carbonyl (C=O) groups is 1. The highest BCUT2D eigenvalue weighted by atomic mass is 16.5. The Balaban J connectivity index is 2.02. The van der Waals surface area contributed by atoms with Gasteiger partial charge in [-0.3, -0.25) is 9.78 Å². The van der Waals surface area contributed by atoms with Crippen LogP contribution in [-0.2, 0) is 4.74 Å². The molecule has 2 rings (SSSR count). The number of hydrogen-bond acceptors (Lipinski definition) is 4. The first-order valence-corrected chi connectivity index (χ1v) is 7.15. The number of hydrogen-bond donors (Lipinski definition) is 2. The van der Waals surface area contributed by atoms with Crippen LogP contribution in [0.2, 0.25) is 0 Å². The number of pyridine rings is 1. The highest BCUT2D eigenvalue weighted by Gasteiger charge is 2.28. The van der Waals surface area contributed by atoms with Gasteiger partial charge in [-0.1, -0.05) is 0 Å². The molecule has 0 aliphatic carbocycles. The Morgan fingerprint density at radius 1 is 1.55 bits per heavy atom. The fraction of sp³-hybridized carbons (Fsp3) is 0.600. The number of aromatic nitrogens is 1. The van der Waals surface area contributed by atoms with Crippen LogP contribution in [0.3, 0.4) is 0 Å². The van der Waals surface area contributed by atoms with Crippen LogP contribution in [0.4, 0.5) is 5.69 Å². The second kappa shape index (κ2) is 6.22. The summed E-state index contributed by atoms with van der Waals surface area (Å²) < 4.78 is 5.71. The smallest absolute Gasteiger partial charge is 0.269 e. The molecule has 1 amide bonds. The minimum absolute atomic E-state index is 0.0919. The van der Waals surface area contributed by atoms with E-state index < -0.39 is 0 Å². The van der Waals surface area contributed by atoms with Crippen LogP contribution in [0, 0.1) is 0 Å². The van der Waals surface area contributed by atoms with Crippen LogP contribution < -0.4 is 10.6 Å². The van der Waals surface area contributed by atoms with E-state index in [-0.39, 0.29) is 11.5 Å². The molecule has 110 valence electrons. The summed E-state index contributed by atoms with van der Waals surface area (Å²) in [5, 5.41) is 6.23. The Hall–Kier alpha value is -1.62. The van der Waals surface area contributed by atoms with Crippen molar-refractivity contribution in [1.29, 1.82) is 0 Å². The molecular weight excluding hydrogens is 254 g/mol. The van der Waals surface area contributed by atoms with Gasteiger partial charge in [0.25, 0.3) is 5.91 Å². The SMILES string of the molecule is CCNC(=O)c1cc(NC2CCOC(C)(C)C2)ccn1. The number of nitrogens with one attached hydrogen (secondary N) is 2. The van der Waals surface area contributed by atoms with Crippen LogP contribution in [-0.4, -0.2) is 35.7 Å². The van der Waals surface area contributed by atoms with E-state index >= 15 is 0 Å². The molecule has 0 spiro atoms. The van der Waals surface area contributed by atoms with Gasteiger partial charge in [-0.05, 0) is 45.7 Å². The van der Waals surface area contributed by atoms with Crippen molar-refractivity contribution in [2.75, 3.05) is 18.5 Å². The van der Waals surface area contributed by atoms with Gasteiger partial charge in [0.05, 0.1) is 5.60 Å². The first-order valence-electron chi connectivity index (χ1n) is 7.15. The summed E-state index contributed by atoms with van der Waals surface area (Å²) in [6, 6.07) is 4.06. The molecule has 1 aliphatic heterocycles. The predicted molar refractivity (Wildman–Crippen MR) is 78.9 cm³/mol. The second-order valence-electron chi connectivity index (χ2n) is 5.73. The van der Waals surface area contributed by atoms with Gasteiger partial charge in [0.2, 0.25) is 0 Å². The summed E-state index contributed by atoms with van der Waals surface area (Å²) in [7, 11) is 0. The summed E-state index contributed by atoms with van der Waals surface area (Å²) in [5.41, 5.74) is 1.29. The molecule has 0 radical (unpaired) electrons. The molecular formula is C15H23N3O2. The van der Waals surface area contributed by atoms with E-state index in [2.05, 4.69) is 29.5 Å². The molecule has 0 saturated carbocycles. The fourth-order valence-corrected chi connectivity index (χ4v) is 2.49. The monoisotopic (exact) mass is 277 g/mol. The molecule has 0 aromatic carbocycles. The van der Waals surface area contributed by atoms with Gasteiger partial charge in [0.1, 0.15) is 5.69 Å². The van der Waals surface area contributed by atoms with Gasteiger partial charge in [0.15, 0.2) is 0 Å². The summed E-state index contributed by atoms with van der Waals surface area (Å²) in [6.45, 7) is 7.47. The Bertz CT molecular complexity index is 474. The molecule has 0 bridgehead atoms. The highest BCUT2D eigenvalue weighted by molar-refractivity contribution is 5.93. The maximum Gasteiger partial charge on any atom is 0.269 e. The standard InChI is InChI=1S/C15H23N3O2/c1-4-16-14(19)13-9-11(5-7-17-13)18-12-6-8-20-15(2,3)10-12/h5,7,9,12H,4,6,8,10H2,1-3H3,(H,16,19)(H,17,18). The van der Waals surface area contributed by atoms with E-state index in [1.165, 1.54) is 0 Å². The van der Waals surface area contributed by atoms with Crippen LogP contribution >= 0.6 is 0 Å². The molecule has 20 heavy (non-hydrogen) atoms. The Kier molecular flexibility index (Phi) is 4.60. The van der Waals surface area contributed by atoms with Crippen LogP contribution in [0.15, 0.2) is 18.3 Å². The first kappa shape index (κ1) is 14.8. The van der Waals surface area contributed by atoms with Crippen molar-refractivity contribution in [3.63, 3.8) is 0 Å². The van der Waals surface area contributed by atoms with Crippen LogP contribution in [0.1, 0.15) is 44.1 Å². The third-order valence-electron chi connectivity index (χ3n) is 3.40. The number of carbonyl (C=O) groups excluding carboxylic acids is 1. The summed E-state index contributed by atoms with van der Waals surface area (Å²) in [4.78, 5) is 15.9.